The van der Waals surface area contributed by atoms with Crippen molar-refractivity contribution < 1.29 is 33.4 Å². The fourth-order valence-electron chi connectivity index (χ4n) is 10.7. The molecule has 7 rings (SSSR count). The SMILES string of the molecule is C=CC(=O)N1C[C@H](C(=O)N(C)[C@H](C(=O)N[C@H]2Cc3cccc(c3)-c3ccc4c(c3)c(c(-c3cccnc3[C@H](C)OC)n4CC)CC(C)(C)COC[C@]3(C(=O)[SiH3])CCCN(N3)C2=O)C(C)C)[C@@H](C)C1. The quantitative estimate of drug-likeness (QED) is 0.152. The van der Waals surface area contributed by atoms with Crippen molar-refractivity contribution in [2.45, 2.75) is 104 Å². The van der Waals surface area contributed by atoms with Crippen molar-refractivity contribution in [1.29, 1.82) is 0 Å². The molecule has 2 N–H and O–H groups in total. The lowest BCUT2D eigenvalue weighted by atomic mass is 9.84. The number of hydrogen-bond donors (Lipinski definition) is 2. The van der Waals surface area contributed by atoms with E-state index in [0.717, 1.165) is 51.1 Å². The summed E-state index contributed by atoms with van der Waals surface area (Å²) in [4.78, 5) is 78.1. The third-order valence-corrected chi connectivity index (χ3v) is 15.4. The number of likely N-dealkylation sites (tertiary alicyclic amines) is 1. The predicted octanol–water partition coefficient (Wildman–Crippen LogP) is 5.25. The Morgan fingerprint density at radius 2 is 1.82 bits per heavy atom. The number of amides is 4. The Morgan fingerprint density at radius 1 is 1.07 bits per heavy atom. The van der Waals surface area contributed by atoms with Crippen LogP contribution < -0.4 is 10.7 Å². The second-order valence-corrected chi connectivity index (χ2v) is 21.3. The number of ether oxygens (including phenoxy) is 2. The minimum Gasteiger partial charge on any atom is -0.378 e. The van der Waals surface area contributed by atoms with Crippen LogP contribution in [0.15, 0.2) is 73.4 Å². The largest absolute Gasteiger partial charge is 0.378 e. The second-order valence-electron chi connectivity index (χ2n) is 20.4. The van der Waals surface area contributed by atoms with E-state index in [1.165, 1.54) is 21.5 Å². The van der Waals surface area contributed by atoms with Gasteiger partial charge in [-0.25, -0.2) is 5.43 Å². The molecule has 15 heteroatoms. The van der Waals surface area contributed by atoms with Gasteiger partial charge in [-0.05, 0) is 103 Å². The first-order valence-corrected chi connectivity index (χ1v) is 25.2. The first kappa shape index (κ1) is 50.4. The molecule has 4 aromatic rings. The molecular formula is C53H71N7O7Si. The number of nitrogens with one attached hydrogen (secondary N) is 2. The number of carbonyl (C=O) groups excluding carboxylic acids is 5. The smallest absolute Gasteiger partial charge is 0.259 e. The molecule has 5 heterocycles. The number of rotatable bonds is 11. The molecule has 2 saturated heterocycles. The van der Waals surface area contributed by atoms with Gasteiger partial charge in [-0.2, -0.15) is 0 Å². The molecule has 3 aliphatic rings. The lowest BCUT2D eigenvalue weighted by Gasteiger charge is -2.44. The summed E-state index contributed by atoms with van der Waals surface area (Å²) in [6, 6.07) is 16.8. The second kappa shape index (κ2) is 20.6. The van der Waals surface area contributed by atoms with E-state index in [-0.39, 0.29) is 70.9 Å². The van der Waals surface area contributed by atoms with Crippen molar-refractivity contribution in [2.75, 3.05) is 47.0 Å². The molecule has 14 nitrogen and oxygen atoms in total. The van der Waals surface area contributed by atoms with Gasteiger partial charge >= 0.3 is 0 Å². The van der Waals surface area contributed by atoms with Crippen molar-refractivity contribution in [1.82, 2.24) is 35.1 Å². The molecule has 0 radical (unpaired) electrons. The zero-order valence-electron chi connectivity index (χ0n) is 41.7. The maximum Gasteiger partial charge on any atom is 0.259 e. The maximum atomic E-state index is 15.0. The summed E-state index contributed by atoms with van der Waals surface area (Å²) in [5, 5.41) is 5.71. The monoisotopic (exact) mass is 946 g/mol. The van der Waals surface area contributed by atoms with Gasteiger partial charge in [-0.15, -0.1) is 0 Å². The summed E-state index contributed by atoms with van der Waals surface area (Å²) in [5.41, 5.74) is 9.85. The van der Waals surface area contributed by atoms with Crippen LogP contribution in [0.2, 0.25) is 0 Å². The zero-order chi connectivity index (χ0) is 49.2. The number of likely N-dealkylation sites (N-methyl/N-ethyl adjacent to an activating group) is 1. The molecule has 0 unspecified atom stereocenters. The zero-order valence-corrected chi connectivity index (χ0v) is 43.7. The molecule has 3 aliphatic heterocycles. The highest BCUT2D eigenvalue weighted by Crippen LogP contribution is 2.42. The average molecular weight is 946 g/mol. The van der Waals surface area contributed by atoms with Crippen molar-refractivity contribution in [3.05, 3.63) is 90.3 Å². The normalized spacial score (nSPS) is 23.0. The Kier molecular flexibility index (Phi) is 15.3. The minimum atomic E-state index is -1.12. The van der Waals surface area contributed by atoms with Gasteiger partial charge in [0.2, 0.25) is 17.7 Å². The van der Waals surface area contributed by atoms with E-state index in [1.807, 2.05) is 52.1 Å². The number of aromatic nitrogens is 2. The highest BCUT2D eigenvalue weighted by atomic mass is 28.1. The fourth-order valence-corrected chi connectivity index (χ4v) is 11.2. The van der Waals surface area contributed by atoms with Gasteiger partial charge < -0.3 is 34.0 Å². The molecule has 6 atom stereocenters. The summed E-state index contributed by atoms with van der Waals surface area (Å²) in [6.45, 7) is 20.0. The van der Waals surface area contributed by atoms with Crippen LogP contribution in [0.25, 0.3) is 33.3 Å². The number of carbonyl (C=O) groups is 5. The van der Waals surface area contributed by atoms with Crippen LogP contribution in [-0.2, 0) is 52.8 Å². The van der Waals surface area contributed by atoms with Crippen LogP contribution in [0.3, 0.4) is 0 Å². The van der Waals surface area contributed by atoms with Gasteiger partial charge in [-0.1, -0.05) is 71.5 Å². The fraction of sp³-hybridized carbons (Fsp3) is 0.509. The van der Waals surface area contributed by atoms with E-state index in [2.05, 4.69) is 79.1 Å². The number of pyridine rings is 1. The van der Waals surface area contributed by atoms with Gasteiger partial charge in [0.15, 0.2) is 0 Å². The molecule has 364 valence electrons. The van der Waals surface area contributed by atoms with Gasteiger partial charge in [0.25, 0.3) is 5.91 Å². The number of nitrogens with zero attached hydrogens (tertiary/aromatic N) is 5. The summed E-state index contributed by atoms with van der Waals surface area (Å²) >= 11 is 0. The summed E-state index contributed by atoms with van der Waals surface area (Å²) in [5.74, 6) is -2.25. The Balaban J connectivity index is 1.31. The van der Waals surface area contributed by atoms with Crippen LogP contribution in [-0.4, -0.2) is 128 Å². The number of hydrazine groups is 1. The van der Waals surface area contributed by atoms with E-state index in [9.17, 15) is 24.0 Å². The molecule has 68 heavy (non-hydrogen) atoms. The summed E-state index contributed by atoms with van der Waals surface area (Å²) in [7, 11) is 3.56. The van der Waals surface area contributed by atoms with Crippen molar-refractivity contribution in [3.63, 3.8) is 0 Å². The minimum absolute atomic E-state index is 0.0118. The molecule has 4 amide bonds. The molecular weight excluding hydrogens is 875 g/mol. The number of methoxy groups -OCH3 is 1. The Bertz CT molecular complexity index is 2570. The Labute approximate surface area is 404 Å². The van der Waals surface area contributed by atoms with E-state index in [4.69, 9.17) is 14.5 Å². The summed E-state index contributed by atoms with van der Waals surface area (Å²) < 4.78 is 14.8. The molecule has 0 saturated carbocycles. The van der Waals surface area contributed by atoms with Crippen molar-refractivity contribution in [2.24, 2.45) is 23.2 Å². The van der Waals surface area contributed by atoms with Crippen LogP contribution in [0.4, 0.5) is 0 Å². The average Bonchev–Trinajstić information content (AvgIpc) is 3.86. The standard InChI is InChI=1S/C53H71N7O7Si/c1-11-44(61)58-28-33(5)41(29-58)49(63)57(9)46(32(3)4)48(62)55-42-25-35-16-13-17-36(24-35)37-19-20-43-39(26-37)40(47(59(43)12-2)38-18-14-22-54-45(38)34(6)66-10)27-52(7,8)30-67-31-53(51(65)68)21-15-23-60(56-53)50(42)64/h11,13-14,16-20,22,24,26,32-34,41-42,46,56H,1,12,15,21,23,25,27-31H2,2-10,68H3,(H,55,62)/t33-,34-,41-,42-,46-,53-/m0/s1. The lowest BCUT2D eigenvalue weighted by molar-refractivity contribution is -0.149. The molecule has 0 aliphatic carbocycles. The molecule has 6 bridgehead atoms. The topological polar surface area (TPSA) is 155 Å². The van der Waals surface area contributed by atoms with E-state index in [1.54, 1.807) is 19.1 Å². The molecule has 0 spiro atoms. The summed E-state index contributed by atoms with van der Waals surface area (Å²) in [6.07, 6.45) is 4.68. The highest BCUT2D eigenvalue weighted by molar-refractivity contribution is 6.60. The highest BCUT2D eigenvalue weighted by Gasteiger charge is 2.45. The molecule has 2 aromatic heterocycles. The Hall–Kier alpha value is -5.48. The third-order valence-electron chi connectivity index (χ3n) is 14.5. The predicted molar refractivity (Wildman–Crippen MR) is 268 cm³/mol. The molecule has 2 aromatic carbocycles. The first-order chi connectivity index (χ1) is 32.3. The Morgan fingerprint density at radius 3 is 2.51 bits per heavy atom. The van der Waals surface area contributed by atoms with Gasteiger partial charge in [0.05, 0.1) is 46.9 Å². The number of fused-ring (bicyclic) bond motifs is 6. The van der Waals surface area contributed by atoms with Crippen LogP contribution >= 0.6 is 0 Å². The van der Waals surface area contributed by atoms with E-state index in [0.29, 0.717) is 39.0 Å². The van der Waals surface area contributed by atoms with Crippen molar-refractivity contribution >= 4 is 50.2 Å². The third kappa shape index (κ3) is 10.1. The molecule has 2 fully saturated rings. The lowest BCUT2D eigenvalue weighted by Crippen LogP contribution is -2.68. The van der Waals surface area contributed by atoms with E-state index < -0.39 is 34.9 Å². The van der Waals surface area contributed by atoms with Gasteiger partial charge in [0.1, 0.15) is 23.0 Å². The number of hydrogen-bond acceptors (Lipinski definition) is 9. The van der Waals surface area contributed by atoms with Crippen LogP contribution in [0.5, 0.6) is 0 Å². The van der Waals surface area contributed by atoms with Gasteiger partial charge in [0, 0.05) is 69.4 Å². The van der Waals surface area contributed by atoms with Crippen LogP contribution in [0.1, 0.15) is 84.2 Å². The number of aryl methyl sites for hydroxylation is 1. The number of benzene rings is 2. The first-order valence-electron chi connectivity index (χ1n) is 24.2. The maximum absolute atomic E-state index is 15.0. The van der Waals surface area contributed by atoms with E-state index >= 15 is 0 Å². The van der Waals surface area contributed by atoms with Gasteiger partial charge in [-0.3, -0.25) is 29.2 Å². The van der Waals surface area contributed by atoms with Crippen molar-refractivity contribution in [3.8, 4) is 22.4 Å². The van der Waals surface area contributed by atoms with Crippen LogP contribution in [0, 0.1) is 23.2 Å².